The van der Waals surface area contributed by atoms with Gasteiger partial charge >= 0.3 is 27.5 Å². The monoisotopic (exact) mass is 614 g/mol. The van der Waals surface area contributed by atoms with Gasteiger partial charge in [0, 0.05) is 43.4 Å². The van der Waals surface area contributed by atoms with Gasteiger partial charge in [0.15, 0.2) is 0 Å². The lowest BCUT2D eigenvalue weighted by molar-refractivity contribution is -0.259. The number of alkyl halides is 5. The number of hydrogen-bond acceptors (Lipinski definition) is 7. The molecule has 4 saturated carbocycles. The maximum Gasteiger partial charge on any atom is 0.432 e. The van der Waals surface area contributed by atoms with Crippen molar-refractivity contribution in [2.24, 2.45) is 46.3 Å². The first-order valence-electron chi connectivity index (χ1n) is 13.8. The summed E-state index contributed by atoms with van der Waals surface area (Å²) in [5, 5.41) is -5.81. The average molecular weight is 615 g/mol. The van der Waals surface area contributed by atoms with Crippen molar-refractivity contribution >= 4 is 33.4 Å². The van der Waals surface area contributed by atoms with Crippen molar-refractivity contribution in [3.05, 3.63) is 0 Å². The summed E-state index contributed by atoms with van der Waals surface area (Å²) in [6, 6.07) is 0. The van der Waals surface area contributed by atoms with Gasteiger partial charge in [0.1, 0.15) is 17.3 Å². The van der Waals surface area contributed by atoms with Crippen molar-refractivity contribution in [2.75, 3.05) is 0 Å². The Morgan fingerprint density at radius 2 is 1.68 bits per heavy atom. The summed E-state index contributed by atoms with van der Waals surface area (Å²) in [5.41, 5.74) is -1.24. The number of fused-ring (bicyclic) bond motifs is 5. The van der Waals surface area contributed by atoms with E-state index in [4.69, 9.17) is 4.55 Å². The van der Waals surface area contributed by atoms with Crippen molar-refractivity contribution < 1.29 is 58.8 Å². The van der Waals surface area contributed by atoms with Crippen molar-refractivity contribution in [2.45, 2.75) is 96.1 Å². The Morgan fingerprint density at radius 1 is 1.05 bits per heavy atom. The van der Waals surface area contributed by atoms with Crippen LogP contribution in [0, 0.1) is 46.3 Å². The van der Waals surface area contributed by atoms with Crippen LogP contribution in [-0.4, -0.2) is 53.8 Å². The van der Waals surface area contributed by atoms with E-state index in [9.17, 15) is 49.5 Å². The van der Waals surface area contributed by atoms with Gasteiger partial charge in [0.2, 0.25) is 0 Å². The summed E-state index contributed by atoms with van der Waals surface area (Å²) in [7, 11) is -6.54. The van der Waals surface area contributed by atoms with E-state index in [1.54, 1.807) is 13.8 Å². The van der Waals surface area contributed by atoms with E-state index >= 15 is 0 Å². The van der Waals surface area contributed by atoms with Gasteiger partial charge in [-0.3, -0.25) is 23.7 Å². The second-order valence-electron chi connectivity index (χ2n) is 12.9. The van der Waals surface area contributed by atoms with E-state index in [-0.39, 0.29) is 71.6 Å². The Balaban J connectivity index is 1.47. The SMILES string of the molecule is C[C@H](CCC(=O)OC(C(F)(F)F)C(F)(F)S(=O)(=O)O)[C@H]1CC[C@H]2[C@@H]3C(=O)C[C@@H]4CC(=O)CC[C@]4(C)[C@H]3CC(=O)[C@]12C. The number of esters is 1. The van der Waals surface area contributed by atoms with Gasteiger partial charge < -0.3 is 4.74 Å². The Morgan fingerprint density at radius 3 is 2.27 bits per heavy atom. The molecule has 1 N–H and O–H groups in total. The number of carbonyl (C=O) groups is 4. The Bertz CT molecular complexity index is 1230. The molecule has 4 fully saturated rings. The van der Waals surface area contributed by atoms with Crippen LogP contribution in [0.5, 0.6) is 0 Å². The molecule has 9 atom stereocenters. The molecule has 4 aliphatic carbocycles. The third-order valence-electron chi connectivity index (χ3n) is 10.9. The fourth-order valence-electron chi connectivity index (χ4n) is 8.59. The molecule has 0 heterocycles. The number of Topliss-reactive ketones (excluding diaryl/α,β-unsaturated/α-hetero) is 3. The lowest BCUT2D eigenvalue weighted by Gasteiger charge is -2.58. The lowest BCUT2D eigenvalue weighted by Crippen LogP contribution is -2.60. The Labute approximate surface area is 234 Å². The molecule has 4 aliphatic rings. The number of ether oxygens (including phenoxy) is 1. The van der Waals surface area contributed by atoms with Gasteiger partial charge in [-0.2, -0.15) is 30.4 Å². The fraction of sp³-hybridized carbons (Fsp3) is 0.852. The van der Waals surface area contributed by atoms with Gasteiger partial charge in [0.05, 0.1) is 0 Å². The van der Waals surface area contributed by atoms with E-state index < -0.39 is 51.4 Å². The highest BCUT2D eigenvalue weighted by Gasteiger charge is 2.67. The van der Waals surface area contributed by atoms with Gasteiger partial charge in [0.25, 0.3) is 6.10 Å². The van der Waals surface area contributed by atoms with Crippen LogP contribution < -0.4 is 0 Å². The molecule has 0 aliphatic heterocycles. The minimum Gasteiger partial charge on any atom is -0.445 e. The van der Waals surface area contributed by atoms with Crippen molar-refractivity contribution in [3.8, 4) is 0 Å². The predicted molar refractivity (Wildman–Crippen MR) is 132 cm³/mol. The van der Waals surface area contributed by atoms with E-state index in [1.165, 1.54) is 0 Å². The first-order valence-corrected chi connectivity index (χ1v) is 15.3. The van der Waals surface area contributed by atoms with Gasteiger partial charge in [-0.15, -0.1) is 0 Å². The number of ketones is 3. The first kappa shape index (κ1) is 32.0. The highest BCUT2D eigenvalue weighted by Crippen LogP contribution is 2.66. The second-order valence-corrected chi connectivity index (χ2v) is 14.4. The van der Waals surface area contributed by atoms with Crippen molar-refractivity contribution in [1.82, 2.24) is 0 Å². The third-order valence-corrected chi connectivity index (χ3v) is 11.8. The van der Waals surface area contributed by atoms with Crippen LogP contribution in [0.3, 0.4) is 0 Å². The molecule has 0 aromatic heterocycles. The summed E-state index contributed by atoms with van der Waals surface area (Å²) < 4.78 is 101. The molecule has 0 radical (unpaired) electrons. The summed E-state index contributed by atoms with van der Waals surface area (Å²) in [6.45, 7) is 5.55. The van der Waals surface area contributed by atoms with E-state index in [1.807, 2.05) is 0 Å². The van der Waals surface area contributed by atoms with Crippen molar-refractivity contribution in [1.29, 1.82) is 0 Å². The molecular formula is C27H35F5O8S. The van der Waals surface area contributed by atoms with Crippen LogP contribution in [0.15, 0.2) is 0 Å². The number of hydrogen-bond donors (Lipinski definition) is 1. The number of halogens is 5. The summed E-state index contributed by atoms with van der Waals surface area (Å²) in [4.78, 5) is 51.5. The zero-order valence-electron chi connectivity index (χ0n) is 23.0. The molecule has 232 valence electrons. The van der Waals surface area contributed by atoms with Crippen LogP contribution in [-0.2, 0) is 34.0 Å². The molecule has 0 bridgehead atoms. The zero-order valence-corrected chi connectivity index (χ0v) is 23.8. The minimum atomic E-state index is -6.54. The van der Waals surface area contributed by atoms with Gasteiger partial charge in [-0.25, -0.2) is 0 Å². The topological polar surface area (TPSA) is 132 Å². The molecule has 0 aromatic rings. The highest BCUT2D eigenvalue weighted by molar-refractivity contribution is 7.86. The molecule has 0 saturated heterocycles. The molecule has 41 heavy (non-hydrogen) atoms. The summed E-state index contributed by atoms with van der Waals surface area (Å²) >= 11 is 0. The van der Waals surface area contributed by atoms with Crippen LogP contribution >= 0.6 is 0 Å². The Kier molecular flexibility index (Phi) is 8.06. The predicted octanol–water partition coefficient (Wildman–Crippen LogP) is 4.94. The molecule has 1 unspecified atom stereocenters. The second kappa shape index (κ2) is 10.3. The van der Waals surface area contributed by atoms with E-state index in [2.05, 4.69) is 11.7 Å². The smallest absolute Gasteiger partial charge is 0.432 e. The maximum absolute atomic E-state index is 13.8. The van der Waals surface area contributed by atoms with E-state index in [0.29, 0.717) is 32.1 Å². The molecular weight excluding hydrogens is 579 g/mol. The zero-order chi connectivity index (χ0) is 30.9. The van der Waals surface area contributed by atoms with Crippen molar-refractivity contribution in [3.63, 3.8) is 0 Å². The third kappa shape index (κ3) is 5.25. The molecule has 14 heteroatoms. The van der Waals surface area contributed by atoms with Gasteiger partial charge in [-0.05, 0) is 60.7 Å². The summed E-state index contributed by atoms with van der Waals surface area (Å²) in [6.07, 6.45) is -8.36. The quantitative estimate of drug-likeness (QED) is 0.242. The maximum atomic E-state index is 13.8. The number of carbonyl (C=O) groups excluding carboxylic acids is 4. The first-order chi connectivity index (χ1) is 18.7. The Hall–Kier alpha value is -1.96. The molecule has 0 spiro atoms. The molecule has 4 rings (SSSR count). The molecule has 0 amide bonds. The van der Waals surface area contributed by atoms with Crippen LogP contribution in [0.4, 0.5) is 22.0 Å². The minimum absolute atomic E-state index is 0.0304. The standard InChI is InChI=1S/C27H35F5O8S/c1-13(4-7-21(36)40-23(26(28,29)30)27(31,32)41(37,38)39)16-5-6-17-22-18(12-20(35)25(16,17)3)24(2)9-8-15(33)10-14(24)11-19(22)34/h13-14,16-18,22-23H,4-12H2,1-3H3,(H,37,38,39)/t13-,14+,16-,17+,18+,22+,23?,24+,25-/m1/s1. The fourth-order valence-corrected chi connectivity index (χ4v) is 9.04. The highest BCUT2D eigenvalue weighted by atomic mass is 32.2. The molecule has 8 nitrogen and oxygen atoms in total. The largest absolute Gasteiger partial charge is 0.445 e. The summed E-state index contributed by atoms with van der Waals surface area (Å²) in [5.74, 6) is -3.26. The average Bonchev–Trinajstić information content (AvgIpc) is 3.19. The number of rotatable bonds is 7. The van der Waals surface area contributed by atoms with Gasteiger partial charge in [-0.1, -0.05) is 20.8 Å². The van der Waals surface area contributed by atoms with E-state index in [0.717, 1.165) is 0 Å². The van der Waals surface area contributed by atoms with Crippen LogP contribution in [0.1, 0.15) is 78.6 Å². The van der Waals surface area contributed by atoms with Crippen LogP contribution in [0.2, 0.25) is 0 Å². The van der Waals surface area contributed by atoms with Crippen LogP contribution in [0.25, 0.3) is 0 Å². The lowest BCUT2D eigenvalue weighted by atomic mass is 9.44. The molecule has 0 aromatic carbocycles. The normalized spacial score (nSPS) is 37.6.